The van der Waals surface area contributed by atoms with Crippen LogP contribution in [0.25, 0.3) is 0 Å². The predicted molar refractivity (Wildman–Crippen MR) is 61.6 cm³/mol. The Labute approximate surface area is 94.3 Å². The Balaban J connectivity index is 0.000000980. The van der Waals surface area contributed by atoms with Crippen molar-refractivity contribution in [2.75, 3.05) is 20.6 Å². The third-order valence-corrected chi connectivity index (χ3v) is 3.36. The molecule has 1 heterocycles. The lowest BCUT2D eigenvalue weighted by Crippen LogP contribution is -2.25. The number of hydrogen-bond acceptors (Lipinski definition) is 3. The minimum Gasteiger partial charge on any atom is -0.309 e. The van der Waals surface area contributed by atoms with Crippen molar-refractivity contribution in [3.8, 4) is 0 Å². The zero-order valence-electron chi connectivity index (χ0n) is 8.32. The van der Waals surface area contributed by atoms with Gasteiger partial charge >= 0.3 is 0 Å². The average molecular weight is 232 g/mol. The first-order valence-corrected chi connectivity index (χ1v) is 5.31. The fraction of sp³-hybridized carbons (Fsp3) is 0.500. The number of halogens is 1. The predicted octanol–water partition coefficient (Wildman–Crippen LogP) is 2.09. The Hall–Kier alpha value is -0.380. The molecule has 0 N–H and O–H groups in total. The minimum atomic E-state index is 0. The van der Waals surface area contributed by atoms with E-state index in [-0.39, 0.29) is 18.3 Å². The van der Waals surface area contributed by atoms with Gasteiger partial charge in [0.1, 0.15) is 0 Å². The van der Waals surface area contributed by atoms with E-state index in [0.29, 0.717) is 5.78 Å². The van der Waals surface area contributed by atoms with E-state index < -0.39 is 0 Å². The average Bonchev–Trinajstić information content (AvgIpc) is 2.56. The number of fused-ring (bicyclic) bond motifs is 1. The molecule has 2 rings (SSSR count). The molecular weight excluding hydrogens is 218 g/mol. The van der Waals surface area contributed by atoms with Gasteiger partial charge in [-0.15, -0.1) is 23.7 Å². The molecule has 2 nitrogen and oxygen atoms in total. The van der Waals surface area contributed by atoms with Crippen molar-refractivity contribution in [1.29, 1.82) is 0 Å². The normalized spacial score (nSPS) is 19.6. The molecule has 1 aromatic heterocycles. The molecule has 0 bridgehead atoms. The third-order valence-electron chi connectivity index (χ3n) is 2.39. The second-order valence-electron chi connectivity index (χ2n) is 3.80. The maximum Gasteiger partial charge on any atom is 0.177 e. The first-order valence-electron chi connectivity index (χ1n) is 4.44. The summed E-state index contributed by atoms with van der Waals surface area (Å²) >= 11 is 1.58. The van der Waals surface area contributed by atoms with Crippen molar-refractivity contribution in [1.82, 2.24) is 4.90 Å². The van der Waals surface area contributed by atoms with Crippen LogP contribution < -0.4 is 0 Å². The molecule has 0 saturated heterocycles. The highest BCUT2D eigenvalue weighted by Crippen LogP contribution is 2.31. The number of hydrogen-bond donors (Lipinski definition) is 0. The van der Waals surface area contributed by atoms with Crippen LogP contribution in [0, 0.1) is 5.92 Å². The molecule has 78 valence electrons. The summed E-state index contributed by atoms with van der Waals surface area (Å²) in [7, 11) is 4.03. The van der Waals surface area contributed by atoms with E-state index in [1.165, 1.54) is 5.56 Å². The molecule has 0 fully saturated rings. The first kappa shape index (κ1) is 11.7. The van der Waals surface area contributed by atoms with Crippen molar-refractivity contribution in [2.45, 2.75) is 6.42 Å². The van der Waals surface area contributed by atoms with E-state index in [0.717, 1.165) is 17.8 Å². The Morgan fingerprint density at radius 3 is 2.86 bits per heavy atom. The molecule has 1 aromatic rings. The topological polar surface area (TPSA) is 20.3 Å². The van der Waals surface area contributed by atoms with E-state index >= 15 is 0 Å². The number of thiophene rings is 1. The van der Waals surface area contributed by atoms with Crippen molar-refractivity contribution in [2.24, 2.45) is 5.92 Å². The van der Waals surface area contributed by atoms with Crippen molar-refractivity contribution >= 4 is 29.5 Å². The molecule has 1 aliphatic carbocycles. The van der Waals surface area contributed by atoms with E-state index in [1.807, 2.05) is 19.5 Å². The molecule has 0 amide bonds. The Morgan fingerprint density at radius 2 is 2.29 bits per heavy atom. The van der Waals surface area contributed by atoms with Crippen molar-refractivity contribution < 1.29 is 4.79 Å². The highest BCUT2D eigenvalue weighted by molar-refractivity contribution is 7.12. The van der Waals surface area contributed by atoms with Crippen LogP contribution in [0.2, 0.25) is 0 Å². The molecule has 0 spiro atoms. The van der Waals surface area contributed by atoms with Crippen LogP contribution in [-0.4, -0.2) is 31.3 Å². The number of ketones is 1. The largest absolute Gasteiger partial charge is 0.309 e. The molecule has 0 radical (unpaired) electrons. The van der Waals surface area contributed by atoms with Gasteiger partial charge in [0, 0.05) is 12.5 Å². The molecule has 1 unspecified atom stereocenters. The number of Topliss-reactive ketones (excluding diaryl/α,β-unsaturated/α-hetero) is 1. The molecular formula is C10H14ClNOS. The van der Waals surface area contributed by atoms with Crippen LogP contribution in [0.1, 0.15) is 15.2 Å². The summed E-state index contributed by atoms with van der Waals surface area (Å²) in [4.78, 5) is 14.9. The van der Waals surface area contributed by atoms with Crippen LogP contribution in [0.15, 0.2) is 11.4 Å². The lowest BCUT2D eigenvalue weighted by atomic mass is 10.1. The summed E-state index contributed by atoms with van der Waals surface area (Å²) in [5.41, 5.74) is 1.25. The summed E-state index contributed by atoms with van der Waals surface area (Å²) < 4.78 is 0. The molecule has 0 aromatic carbocycles. The van der Waals surface area contributed by atoms with Crippen LogP contribution in [0.4, 0.5) is 0 Å². The highest BCUT2D eigenvalue weighted by atomic mass is 35.5. The quantitative estimate of drug-likeness (QED) is 0.777. The molecule has 1 atom stereocenters. The Kier molecular flexibility index (Phi) is 3.70. The minimum absolute atomic E-state index is 0. The van der Waals surface area contributed by atoms with Gasteiger partial charge < -0.3 is 4.90 Å². The van der Waals surface area contributed by atoms with E-state index in [2.05, 4.69) is 11.0 Å². The number of nitrogens with zero attached hydrogens (tertiary/aromatic N) is 1. The summed E-state index contributed by atoms with van der Waals surface area (Å²) in [5.74, 6) is 0.552. The van der Waals surface area contributed by atoms with Crippen LogP contribution >= 0.6 is 23.7 Å². The maximum atomic E-state index is 11.8. The van der Waals surface area contributed by atoms with Crippen molar-refractivity contribution in [3.05, 3.63) is 21.9 Å². The first-order chi connectivity index (χ1) is 6.18. The zero-order valence-corrected chi connectivity index (χ0v) is 9.95. The highest BCUT2D eigenvalue weighted by Gasteiger charge is 2.31. The van der Waals surface area contributed by atoms with Gasteiger partial charge in [-0.25, -0.2) is 0 Å². The summed E-state index contributed by atoms with van der Waals surface area (Å²) in [6.07, 6.45) is 0.940. The Morgan fingerprint density at radius 1 is 1.57 bits per heavy atom. The van der Waals surface area contributed by atoms with Gasteiger partial charge in [0.25, 0.3) is 0 Å². The van der Waals surface area contributed by atoms with Crippen molar-refractivity contribution in [3.63, 3.8) is 0 Å². The van der Waals surface area contributed by atoms with Crippen LogP contribution in [0.3, 0.4) is 0 Å². The summed E-state index contributed by atoms with van der Waals surface area (Å²) in [6, 6.07) is 2.08. The van der Waals surface area contributed by atoms with Gasteiger partial charge in [-0.1, -0.05) is 0 Å². The maximum absolute atomic E-state index is 11.8. The smallest absolute Gasteiger partial charge is 0.177 e. The molecule has 0 aliphatic heterocycles. The molecule has 0 saturated carbocycles. The number of rotatable bonds is 2. The van der Waals surface area contributed by atoms with Gasteiger partial charge in [0.05, 0.1) is 4.88 Å². The SMILES string of the molecule is CN(C)CC1Cc2ccsc2C1=O.Cl. The lowest BCUT2D eigenvalue weighted by Gasteiger charge is -2.13. The lowest BCUT2D eigenvalue weighted by molar-refractivity contribution is 0.0920. The van der Waals surface area contributed by atoms with Gasteiger partial charge in [-0.05, 0) is 37.5 Å². The Bertz CT molecular complexity index is 335. The van der Waals surface area contributed by atoms with Crippen LogP contribution in [-0.2, 0) is 6.42 Å². The summed E-state index contributed by atoms with van der Waals surface area (Å²) in [6.45, 7) is 0.875. The molecule has 14 heavy (non-hydrogen) atoms. The molecule has 4 heteroatoms. The second-order valence-corrected chi connectivity index (χ2v) is 4.72. The fourth-order valence-electron chi connectivity index (χ4n) is 1.84. The van der Waals surface area contributed by atoms with Gasteiger partial charge in [0.2, 0.25) is 0 Å². The van der Waals surface area contributed by atoms with Gasteiger partial charge in [-0.2, -0.15) is 0 Å². The monoisotopic (exact) mass is 231 g/mol. The number of carbonyl (C=O) groups excluding carboxylic acids is 1. The molecule has 1 aliphatic rings. The van der Waals surface area contributed by atoms with E-state index in [9.17, 15) is 4.79 Å². The summed E-state index contributed by atoms with van der Waals surface area (Å²) in [5, 5.41) is 2.01. The van der Waals surface area contributed by atoms with Gasteiger partial charge in [0.15, 0.2) is 5.78 Å². The zero-order chi connectivity index (χ0) is 9.42. The van der Waals surface area contributed by atoms with Crippen LogP contribution in [0.5, 0.6) is 0 Å². The van der Waals surface area contributed by atoms with E-state index in [1.54, 1.807) is 11.3 Å². The fourth-order valence-corrected chi connectivity index (χ4v) is 2.80. The second kappa shape index (κ2) is 4.43. The third kappa shape index (κ3) is 2.00. The van der Waals surface area contributed by atoms with E-state index in [4.69, 9.17) is 0 Å². The number of carbonyl (C=O) groups is 1. The van der Waals surface area contributed by atoms with Gasteiger partial charge in [-0.3, -0.25) is 4.79 Å². The standard InChI is InChI=1S/C10H13NOS.ClH/c1-11(2)6-8-5-7-3-4-13-10(7)9(8)12;/h3-4,8H,5-6H2,1-2H3;1H.